The maximum absolute atomic E-state index is 12.2. The maximum atomic E-state index is 12.2. The van der Waals surface area contributed by atoms with Gasteiger partial charge in [-0.05, 0) is 49.8 Å². The second kappa shape index (κ2) is 9.98. The Labute approximate surface area is 181 Å². The molecule has 1 aliphatic rings. The predicted molar refractivity (Wildman–Crippen MR) is 119 cm³/mol. The zero-order valence-corrected chi connectivity index (χ0v) is 18.1. The molecule has 2 amide bonds. The molecule has 1 fully saturated rings. The second-order valence-corrected chi connectivity index (χ2v) is 8.22. The zero-order valence-electron chi connectivity index (χ0n) is 16.6. The molecule has 1 saturated carbocycles. The monoisotopic (exact) mass is 436 g/mol. The van der Waals surface area contributed by atoms with Gasteiger partial charge in [0.2, 0.25) is 5.95 Å². The fraction of sp³-hybridized carbons (Fsp3) is 0.450. The highest BCUT2D eigenvalue weighted by molar-refractivity contribution is 6.43. The third kappa shape index (κ3) is 6.11. The Hall–Kier alpha value is -2.25. The summed E-state index contributed by atoms with van der Waals surface area (Å²) in [6.07, 6.45) is 5.87. The van der Waals surface area contributed by atoms with Crippen molar-refractivity contribution in [3.8, 4) is 0 Å². The fourth-order valence-corrected chi connectivity index (χ4v) is 3.71. The highest BCUT2D eigenvalue weighted by Gasteiger charge is 2.22. The van der Waals surface area contributed by atoms with Gasteiger partial charge in [0.25, 0.3) is 0 Å². The van der Waals surface area contributed by atoms with Crippen LogP contribution in [-0.4, -0.2) is 42.7 Å². The second-order valence-electron chi connectivity index (χ2n) is 7.43. The predicted octanol–water partition coefficient (Wildman–Crippen LogP) is 4.64. The number of carbonyl (C=O) groups is 1. The SMILES string of the molecule is CN(C)c1ccnc(NC2CCC(CNC(=O)Nc3cccc(Cl)c3Cl)CC2)n1. The lowest BCUT2D eigenvalue weighted by atomic mass is 9.86. The molecule has 0 unspecified atom stereocenters. The first kappa shape index (κ1) is 21.5. The van der Waals surface area contributed by atoms with Gasteiger partial charge in [-0.3, -0.25) is 0 Å². The van der Waals surface area contributed by atoms with E-state index < -0.39 is 0 Å². The van der Waals surface area contributed by atoms with E-state index in [0.717, 1.165) is 31.5 Å². The first-order valence-electron chi connectivity index (χ1n) is 9.68. The van der Waals surface area contributed by atoms with Crippen LogP contribution in [-0.2, 0) is 0 Å². The standard InChI is InChI=1S/C20H26Cl2N6O/c1-28(2)17-10-11-23-19(27-17)25-14-8-6-13(7-9-14)12-24-20(29)26-16-5-3-4-15(21)18(16)22/h3-5,10-11,13-14H,6-9,12H2,1-2H3,(H,23,25,27)(H2,24,26,29). The number of rotatable bonds is 6. The van der Waals surface area contributed by atoms with Crippen LogP contribution in [0.4, 0.5) is 22.2 Å². The van der Waals surface area contributed by atoms with E-state index in [2.05, 4.69) is 25.9 Å². The summed E-state index contributed by atoms with van der Waals surface area (Å²) in [6, 6.07) is 7.11. The molecule has 1 aromatic carbocycles. The number of hydrogen-bond acceptors (Lipinski definition) is 5. The number of benzene rings is 1. The number of nitrogens with one attached hydrogen (secondary N) is 3. The number of urea groups is 1. The topological polar surface area (TPSA) is 82.2 Å². The minimum Gasteiger partial charge on any atom is -0.363 e. The third-order valence-corrected chi connectivity index (χ3v) is 5.85. The van der Waals surface area contributed by atoms with Gasteiger partial charge >= 0.3 is 6.03 Å². The minimum atomic E-state index is -0.275. The van der Waals surface area contributed by atoms with Gasteiger partial charge in [0, 0.05) is 32.9 Å². The van der Waals surface area contributed by atoms with Crippen molar-refractivity contribution in [3.05, 3.63) is 40.5 Å². The summed E-state index contributed by atoms with van der Waals surface area (Å²) in [5.41, 5.74) is 0.504. The molecule has 2 aromatic rings. The molecule has 156 valence electrons. The average molecular weight is 437 g/mol. The molecule has 29 heavy (non-hydrogen) atoms. The number of aromatic nitrogens is 2. The lowest BCUT2D eigenvalue weighted by molar-refractivity contribution is 0.246. The number of hydrogen-bond donors (Lipinski definition) is 3. The summed E-state index contributed by atoms with van der Waals surface area (Å²) in [5.74, 6) is 1.99. The van der Waals surface area contributed by atoms with Gasteiger partial charge in [-0.1, -0.05) is 29.3 Å². The van der Waals surface area contributed by atoms with Gasteiger partial charge in [0.1, 0.15) is 5.82 Å². The largest absolute Gasteiger partial charge is 0.363 e. The van der Waals surface area contributed by atoms with Crippen LogP contribution in [0.1, 0.15) is 25.7 Å². The van der Waals surface area contributed by atoms with Crippen LogP contribution in [0.15, 0.2) is 30.5 Å². The number of halogens is 2. The quantitative estimate of drug-likeness (QED) is 0.613. The van der Waals surface area contributed by atoms with Crippen LogP contribution < -0.4 is 20.9 Å². The molecule has 1 aromatic heterocycles. The van der Waals surface area contributed by atoms with Crippen molar-refractivity contribution in [1.29, 1.82) is 0 Å². The third-order valence-electron chi connectivity index (χ3n) is 5.03. The molecule has 7 nitrogen and oxygen atoms in total. The molecule has 0 bridgehead atoms. The smallest absolute Gasteiger partial charge is 0.319 e. The van der Waals surface area contributed by atoms with Gasteiger partial charge in [-0.15, -0.1) is 0 Å². The fourth-order valence-electron chi connectivity index (χ4n) is 3.37. The number of amides is 2. The van der Waals surface area contributed by atoms with E-state index in [0.29, 0.717) is 40.2 Å². The van der Waals surface area contributed by atoms with Gasteiger partial charge in [0.15, 0.2) is 0 Å². The molecular formula is C20H26Cl2N6O. The van der Waals surface area contributed by atoms with Gasteiger partial charge in [0.05, 0.1) is 15.7 Å². The summed E-state index contributed by atoms with van der Waals surface area (Å²) in [4.78, 5) is 22.9. The van der Waals surface area contributed by atoms with E-state index in [1.54, 1.807) is 24.4 Å². The molecule has 1 heterocycles. The molecule has 0 aliphatic heterocycles. The molecule has 3 N–H and O–H groups in total. The van der Waals surface area contributed by atoms with E-state index in [4.69, 9.17) is 23.2 Å². The Morgan fingerprint density at radius 1 is 1.17 bits per heavy atom. The molecule has 0 atom stereocenters. The van der Waals surface area contributed by atoms with Crippen LogP contribution in [0, 0.1) is 5.92 Å². The number of anilines is 3. The Morgan fingerprint density at radius 3 is 2.66 bits per heavy atom. The molecule has 9 heteroatoms. The first-order valence-corrected chi connectivity index (χ1v) is 10.4. The van der Waals surface area contributed by atoms with Crippen LogP contribution >= 0.6 is 23.2 Å². The van der Waals surface area contributed by atoms with Crippen molar-refractivity contribution >= 4 is 46.7 Å². The van der Waals surface area contributed by atoms with E-state index in [-0.39, 0.29) is 6.03 Å². The molecule has 0 saturated heterocycles. The van der Waals surface area contributed by atoms with Crippen LogP contribution in [0.25, 0.3) is 0 Å². The summed E-state index contributed by atoms with van der Waals surface area (Å²) in [5, 5.41) is 9.86. The number of nitrogens with zero attached hydrogens (tertiary/aromatic N) is 3. The lowest BCUT2D eigenvalue weighted by Gasteiger charge is -2.29. The van der Waals surface area contributed by atoms with Crippen molar-refractivity contribution in [2.75, 3.05) is 36.2 Å². The summed E-state index contributed by atoms with van der Waals surface area (Å²) < 4.78 is 0. The van der Waals surface area contributed by atoms with Crippen molar-refractivity contribution in [2.24, 2.45) is 5.92 Å². The highest BCUT2D eigenvalue weighted by atomic mass is 35.5. The van der Waals surface area contributed by atoms with Crippen LogP contribution in [0.3, 0.4) is 0 Å². The van der Waals surface area contributed by atoms with Gasteiger partial charge in [-0.25, -0.2) is 9.78 Å². The minimum absolute atomic E-state index is 0.275. The normalized spacial score (nSPS) is 18.8. The van der Waals surface area contributed by atoms with E-state index in [9.17, 15) is 4.79 Å². The molecule has 3 rings (SSSR count). The Morgan fingerprint density at radius 2 is 1.93 bits per heavy atom. The Bertz CT molecular complexity index is 839. The van der Waals surface area contributed by atoms with Crippen molar-refractivity contribution < 1.29 is 4.79 Å². The first-order chi connectivity index (χ1) is 13.9. The summed E-state index contributed by atoms with van der Waals surface area (Å²) >= 11 is 12.1. The van der Waals surface area contributed by atoms with Crippen LogP contribution in [0.2, 0.25) is 10.0 Å². The van der Waals surface area contributed by atoms with E-state index in [1.807, 2.05) is 25.1 Å². The van der Waals surface area contributed by atoms with Gasteiger partial charge < -0.3 is 20.9 Å². The van der Waals surface area contributed by atoms with Crippen molar-refractivity contribution in [3.63, 3.8) is 0 Å². The van der Waals surface area contributed by atoms with E-state index >= 15 is 0 Å². The molecular weight excluding hydrogens is 411 g/mol. The maximum Gasteiger partial charge on any atom is 0.319 e. The Kier molecular flexibility index (Phi) is 7.39. The van der Waals surface area contributed by atoms with Gasteiger partial charge in [-0.2, -0.15) is 4.98 Å². The summed E-state index contributed by atoms with van der Waals surface area (Å²) in [7, 11) is 3.92. The lowest BCUT2D eigenvalue weighted by Crippen LogP contribution is -2.36. The molecule has 0 radical (unpaired) electrons. The van der Waals surface area contributed by atoms with E-state index in [1.165, 1.54) is 0 Å². The molecule has 1 aliphatic carbocycles. The number of carbonyl (C=O) groups excluding carboxylic acids is 1. The highest BCUT2D eigenvalue weighted by Crippen LogP contribution is 2.29. The average Bonchev–Trinajstić information content (AvgIpc) is 2.71. The van der Waals surface area contributed by atoms with Crippen molar-refractivity contribution in [1.82, 2.24) is 15.3 Å². The van der Waals surface area contributed by atoms with Crippen LogP contribution in [0.5, 0.6) is 0 Å². The zero-order chi connectivity index (χ0) is 20.8. The molecule has 0 spiro atoms. The Balaban J connectivity index is 1.41. The summed E-state index contributed by atoms with van der Waals surface area (Å²) in [6.45, 7) is 0.628. The van der Waals surface area contributed by atoms with Crippen molar-refractivity contribution in [2.45, 2.75) is 31.7 Å².